The fraction of sp³-hybridized carbons (Fsp3) is 0.857. The van der Waals surface area contributed by atoms with Crippen molar-refractivity contribution in [3.63, 3.8) is 0 Å². The van der Waals surface area contributed by atoms with E-state index in [2.05, 4.69) is 9.18 Å². The highest BCUT2D eigenvalue weighted by Crippen LogP contribution is 2.03. The molecular formula is C7H15NO3S2. The molecule has 0 bridgehead atoms. The normalized spacial score (nSPS) is 13.8. The third-order valence-electron chi connectivity index (χ3n) is 1.03. The highest BCUT2D eigenvalue weighted by atomic mass is 32.2. The minimum Gasteiger partial charge on any atom is -0.278 e. The molecule has 0 amide bonds. The van der Waals surface area contributed by atoms with Crippen molar-refractivity contribution in [1.29, 1.82) is 0 Å². The van der Waals surface area contributed by atoms with Crippen LogP contribution in [-0.4, -0.2) is 38.6 Å². The number of rotatable bonds is 4. The summed E-state index contributed by atoms with van der Waals surface area (Å²) in [5.41, 5.74) is 0. The average Bonchev–Trinajstić information content (AvgIpc) is 1.95. The van der Waals surface area contributed by atoms with Crippen LogP contribution in [0.25, 0.3) is 0 Å². The van der Waals surface area contributed by atoms with Crippen LogP contribution in [0.2, 0.25) is 0 Å². The van der Waals surface area contributed by atoms with Crippen LogP contribution in [0.3, 0.4) is 0 Å². The van der Waals surface area contributed by atoms with Crippen LogP contribution in [0.4, 0.5) is 0 Å². The zero-order valence-electron chi connectivity index (χ0n) is 8.27. The van der Waals surface area contributed by atoms with Gasteiger partial charge in [0.2, 0.25) is 0 Å². The van der Waals surface area contributed by atoms with Crippen molar-refractivity contribution in [1.82, 2.24) is 0 Å². The van der Waals surface area contributed by atoms with Gasteiger partial charge in [0.05, 0.1) is 11.3 Å². The molecule has 0 aromatic rings. The maximum absolute atomic E-state index is 10.7. The molecule has 0 saturated heterocycles. The van der Waals surface area contributed by atoms with Gasteiger partial charge in [-0.05, 0) is 20.1 Å². The smallest absolute Gasteiger partial charge is 0.264 e. The molecule has 0 aliphatic carbocycles. The molecule has 0 aromatic heterocycles. The molecule has 6 heteroatoms. The monoisotopic (exact) mass is 225 g/mol. The Balaban J connectivity index is 4.16. The lowest BCUT2D eigenvalue weighted by molar-refractivity contribution is 0.374. The van der Waals surface area contributed by atoms with Gasteiger partial charge >= 0.3 is 0 Å². The quantitative estimate of drug-likeness (QED) is 0.409. The fourth-order valence-corrected chi connectivity index (χ4v) is 1.49. The van der Waals surface area contributed by atoms with Crippen molar-refractivity contribution in [3.8, 4) is 0 Å². The summed E-state index contributed by atoms with van der Waals surface area (Å²) in [5.74, 6) is 0. The molecular weight excluding hydrogens is 210 g/mol. The van der Waals surface area contributed by atoms with Crippen LogP contribution in [0, 0.1) is 0 Å². The Morgan fingerprint density at radius 3 is 2.38 bits per heavy atom. The lowest BCUT2D eigenvalue weighted by atomic mass is 10.4. The SMILES string of the molecule is CSC(COS(C)(=O)=O)=NC(C)C. The summed E-state index contributed by atoms with van der Waals surface area (Å²) in [7, 11) is -3.36. The number of hydrogen-bond acceptors (Lipinski definition) is 5. The van der Waals surface area contributed by atoms with E-state index in [0.29, 0.717) is 5.04 Å². The lowest BCUT2D eigenvalue weighted by Gasteiger charge is -2.04. The molecule has 0 rings (SSSR count). The van der Waals surface area contributed by atoms with Crippen LogP contribution >= 0.6 is 11.8 Å². The first-order valence-corrected chi connectivity index (χ1v) is 6.84. The summed E-state index contributed by atoms with van der Waals surface area (Å²) in [5, 5.41) is 0.695. The first kappa shape index (κ1) is 12.9. The number of hydrogen-bond donors (Lipinski definition) is 0. The van der Waals surface area contributed by atoms with Gasteiger partial charge < -0.3 is 0 Å². The second-order valence-electron chi connectivity index (χ2n) is 2.79. The van der Waals surface area contributed by atoms with Crippen molar-refractivity contribution in [2.24, 2.45) is 4.99 Å². The second kappa shape index (κ2) is 5.62. The maximum Gasteiger partial charge on any atom is 0.264 e. The van der Waals surface area contributed by atoms with Crippen LogP contribution in [0.1, 0.15) is 13.8 Å². The zero-order chi connectivity index (χ0) is 10.5. The number of aliphatic imine (C=N–C) groups is 1. The van der Waals surface area contributed by atoms with Crippen molar-refractivity contribution in [2.45, 2.75) is 19.9 Å². The van der Waals surface area contributed by atoms with Gasteiger partial charge in [0.25, 0.3) is 10.1 Å². The van der Waals surface area contributed by atoms with Crippen LogP contribution < -0.4 is 0 Å². The standard InChI is InChI=1S/C7H15NO3S2/c1-6(2)8-7(12-3)5-11-13(4,9)10/h6H,5H2,1-4H3. The first-order valence-electron chi connectivity index (χ1n) is 3.80. The predicted molar refractivity (Wildman–Crippen MR) is 56.9 cm³/mol. The van der Waals surface area contributed by atoms with Crippen molar-refractivity contribution in [2.75, 3.05) is 19.1 Å². The van der Waals surface area contributed by atoms with Crippen molar-refractivity contribution < 1.29 is 12.6 Å². The van der Waals surface area contributed by atoms with Crippen LogP contribution in [0.5, 0.6) is 0 Å². The van der Waals surface area contributed by atoms with E-state index in [9.17, 15) is 8.42 Å². The van der Waals surface area contributed by atoms with Gasteiger partial charge in [-0.1, -0.05) is 0 Å². The molecule has 0 atom stereocenters. The highest BCUT2D eigenvalue weighted by Gasteiger charge is 2.05. The Bertz CT molecular complexity index is 269. The minimum absolute atomic E-state index is 0.0399. The Morgan fingerprint density at radius 1 is 1.54 bits per heavy atom. The van der Waals surface area contributed by atoms with E-state index in [4.69, 9.17) is 0 Å². The van der Waals surface area contributed by atoms with Gasteiger partial charge in [-0.15, -0.1) is 11.8 Å². The van der Waals surface area contributed by atoms with E-state index in [0.717, 1.165) is 6.26 Å². The molecule has 0 aromatic carbocycles. The molecule has 0 heterocycles. The summed E-state index contributed by atoms with van der Waals surface area (Å²) in [4.78, 5) is 4.19. The summed E-state index contributed by atoms with van der Waals surface area (Å²) in [6.45, 7) is 3.89. The van der Waals surface area contributed by atoms with E-state index >= 15 is 0 Å². The van der Waals surface area contributed by atoms with E-state index in [1.165, 1.54) is 11.8 Å². The second-order valence-corrected chi connectivity index (χ2v) is 5.31. The van der Waals surface area contributed by atoms with Crippen molar-refractivity contribution >= 4 is 26.9 Å². The van der Waals surface area contributed by atoms with Crippen LogP contribution in [-0.2, 0) is 14.3 Å². The molecule has 13 heavy (non-hydrogen) atoms. The lowest BCUT2D eigenvalue weighted by Crippen LogP contribution is -2.12. The predicted octanol–water partition coefficient (Wildman–Crippen LogP) is 1.13. The average molecular weight is 225 g/mol. The third kappa shape index (κ3) is 8.27. The Kier molecular flexibility index (Phi) is 5.59. The fourth-order valence-electron chi connectivity index (χ4n) is 0.594. The molecule has 0 N–H and O–H groups in total. The van der Waals surface area contributed by atoms with Gasteiger partial charge in [-0.2, -0.15) is 8.42 Å². The van der Waals surface area contributed by atoms with E-state index in [1.807, 2.05) is 20.1 Å². The Morgan fingerprint density at radius 2 is 2.08 bits per heavy atom. The van der Waals surface area contributed by atoms with Gasteiger partial charge in [0, 0.05) is 6.04 Å². The number of thioether (sulfide) groups is 1. The van der Waals surface area contributed by atoms with Gasteiger partial charge in [0.1, 0.15) is 6.61 Å². The molecule has 78 valence electrons. The van der Waals surface area contributed by atoms with Gasteiger partial charge in [-0.3, -0.25) is 9.18 Å². The molecule has 0 radical (unpaired) electrons. The zero-order valence-corrected chi connectivity index (χ0v) is 9.91. The third-order valence-corrected chi connectivity index (χ3v) is 2.27. The molecule has 0 fully saturated rings. The molecule has 4 nitrogen and oxygen atoms in total. The molecule has 0 spiro atoms. The minimum atomic E-state index is -3.36. The van der Waals surface area contributed by atoms with Gasteiger partial charge in [-0.25, -0.2) is 0 Å². The summed E-state index contributed by atoms with van der Waals surface area (Å²) in [6, 6.07) is 0.158. The summed E-state index contributed by atoms with van der Waals surface area (Å²) < 4.78 is 25.9. The van der Waals surface area contributed by atoms with Gasteiger partial charge in [0.15, 0.2) is 0 Å². The molecule has 0 aliphatic heterocycles. The topological polar surface area (TPSA) is 55.7 Å². The molecule has 0 unspecified atom stereocenters. The molecule has 0 aliphatic rings. The Labute approximate surface area is 83.9 Å². The van der Waals surface area contributed by atoms with Crippen LogP contribution in [0.15, 0.2) is 4.99 Å². The highest BCUT2D eigenvalue weighted by molar-refractivity contribution is 8.13. The maximum atomic E-state index is 10.7. The largest absolute Gasteiger partial charge is 0.278 e. The first-order chi connectivity index (χ1) is 5.85. The summed E-state index contributed by atoms with van der Waals surface area (Å²) >= 11 is 1.40. The molecule has 0 saturated carbocycles. The van der Waals surface area contributed by atoms with E-state index < -0.39 is 10.1 Å². The van der Waals surface area contributed by atoms with E-state index in [-0.39, 0.29) is 12.6 Å². The van der Waals surface area contributed by atoms with Crippen molar-refractivity contribution in [3.05, 3.63) is 0 Å². The number of nitrogens with zero attached hydrogens (tertiary/aromatic N) is 1. The Hall–Kier alpha value is -0.0700. The van der Waals surface area contributed by atoms with E-state index in [1.54, 1.807) is 0 Å². The summed E-state index contributed by atoms with van der Waals surface area (Å²) in [6.07, 6.45) is 2.87.